The summed E-state index contributed by atoms with van der Waals surface area (Å²) in [5, 5.41) is 1.95. The van der Waals surface area contributed by atoms with E-state index < -0.39 is 5.60 Å². The molecule has 0 unspecified atom stereocenters. The number of carbonyl (C=O) groups excluding carboxylic acids is 1. The van der Waals surface area contributed by atoms with Crippen LogP contribution in [0.5, 0.6) is 11.5 Å². The number of ether oxygens (including phenoxy) is 3. The van der Waals surface area contributed by atoms with Crippen LogP contribution in [0.3, 0.4) is 0 Å². The summed E-state index contributed by atoms with van der Waals surface area (Å²) in [6.07, 6.45) is 6.64. The summed E-state index contributed by atoms with van der Waals surface area (Å²) in [5.74, 6) is 15.7. The fourth-order valence-corrected chi connectivity index (χ4v) is 6.56. The van der Waals surface area contributed by atoms with Crippen molar-refractivity contribution in [2.45, 2.75) is 45.6 Å². The Balaban J connectivity index is 0.000000179. The van der Waals surface area contributed by atoms with Crippen molar-refractivity contribution in [1.82, 2.24) is 34.8 Å². The van der Waals surface area contributed by atoms with Gasteiger partial charge in [0.25, 0.3) is 0 Å². The molecule has 57 heavy (non-hydrogen) atoms. The van der Waals surface area contributed by atoms with Gasteiger partial charge < -0.3 is 38.9 Å². The second-order valence-electron chi connectivity index (χ2n) is 14.6. The van der Waals surface area contributed by atoms with Crippen LogP contribution in [-0.4, -0.2) is 99.0 Å². The predicted molar refractivity (Wildman–Crippen MR) is 221 cm³/mol. The molecular weight excluding hydrogens is 719 g/mol. The quantitative estimate of drug-likeness (QED) is 0.174. The van der Waals surface area contributed by atoms with Gasteiger partial charge in [-0.15, -0.1) is 0 Å². The van der Waals surface area contributed by atoms with E-state index in [2.05, 4.69) is 63.4 Å². The van der Waals surface area contributed by atoms with Crippen LogP contribution in [0.1, 0.15) is 51.4 Å². The number of hydrogen-bond donors (Lipinski definition) is 2. The largest absolute Gasteiger partial charge is 0.481 e. The third-order valence-corrected chi connectivity index (χ3v) is 9.25. The van der Waals surface area contributed by atoms with Gasteiger partial charge in [-0.25, -0.2) is 24.7 Å². The van der Waals surface area contributed by atoms with E-state index in [0.717, 1.165) is 69.7 Å². The minimum atomic E-state index is -0.498. The molecule has 2 saturated heterocycles. The smallest absolute Gasteiger partial charge is 0.410 e. The van der Waals surface area contributed by atoms with Crippen molar-refractivity contribution >= 4 is 39.8 Å². The number of piperazine rings is 1. The molecule has 292 valence electrons. The van der Waals surface area contributed by atoms with Crippen LogP contribution in [0, 0.1) is 23.7 Å². The highest BCUT2D eigenvalue weighted by molar-refractivity contribution is 5.90. The van der Waals surface area contributed by atoms with Gasteiger partial charge in [-0.3, -0.25) is 0 Å². The van der Waals surface area contributed by atoms with Gasteiger partial charge in [0, 0.05) is 39.3 Å². The molecule has 0 bridgehead atoms. The second-order valence-corrected chi connectivity index (χ2v) is 14.6. The molecule has 6 aromatic rings. The molecule has 0 aliphatic carbocycles. The molecule has 2 fully saturated rings. The van der Waals surface area contributed by atoms with Crippen LogP contribution >= 0.6 is 0 Å². The fraction of sp³-hybridized carbons (Fsp3) is 0.341. The number of aromatic amines is 2. The van der Waals surface area contributed by atoms with Gasteiger partial charge >= 0.3 is 6.09 Å². The summed E-state index contributed by atoms with van der Waals surface area (Å²) >= 11 is 0. The molecule has 0 spiro atoms. The Labute approximate surface area is 332 Å². The maximum Gasteiger partial charge on any atom is 0.410 e. The first-order chi connectivity index (χ1) is 27.8. The van der Waals surface area contributed by atoms with E-state index in [1.807, 2.05) is 93.6 Å². The summed E-state index contributed by atoms with van der Waals surface area (Å²) in [6, 6.07) is 23.3. The van der Waals surface area contributed by atoms with Gasteiger partial charge in [-0.1, -0.05) is 48.2 Å². The number of para-hydroxylation sites is 2. The number of fused-ring (bicyclic) bond motifs is 2. The van der Waals surface area contributed by atoms with Crippen molar-refractivity contribution in [3.8, 4) is 35.2 Å². The Kier molecular flexibility index (Phi) is 12.4. The van der Waals surface area contributed by atoms with Crippen LogP contribution in [0.4, 0.5) is 16.4 Å². The molecule has 13 heteroatoms. The van der Waals surface area contributed by atoms with Crippen molar-refractivity contribution in [1.29, 1.82) is 0 Å². The highest BCUT2D eigenvalue weighted by Crippen LogP contribution is 2.27. The third kappa shape index (κ3) is 10.5. The lowest BCUT2D eigenvalue weighted by Crippen LogP contribution is -2.50. The van der Waals surface area contributed by atoms with E-state index in [0.29, 0.717) is 39.4 Å². The molecule has 1 amide bonds. The molecular formula is C44H47N9O4. The van der Waals surface area contributed by atoms with Crippen LogP contribution in [0.2, 0.25) is 0 Å². The molecule has 2 aliphatic heterocycles. The van der Waals surface area contributed by atoms with Crippen molar-refractivity contribution in [3.63, 3.8) is 0 Å². The number of hydrogen-bond acceptors (Lipinski definition) is 10. The lowest BCUT2D eigenvalue weighted by molar-refractivity contribution is 0.0240. The maximum atomic E-state index is 12.3. The number of aromatic nitrogens is 6. The average Bonchev–Trinajstić information content (AvgIpc) is 3.86. The number of piperidine rings is 1. The van der Waals surface area contributed by atoms with Crippen LogP contribution in [0.15, 0.2) is 85.5 Å². The Hall–Kier alpha value is -6.73. The number of H-pyrrole nitrogens is 2. The Morgan fingerprint density at radius 3 is 1.60 bits per heavy atom. The summed E-state index contributed by atoms with van der Waals surface area (Å²) in [6.45, 7) is 10.9. The van der Waals surface area contributed by atoms with E-state index >= 15 is 0 Å². The van der Waals surface area contributed by atoms with Crippen molar-refractivity contribution < 1.29 is 19.0 Å². The van der Waals surface area contributed by atoms with E-state index in [1.54, 1.807) is 17.6 Å². The fourth-order valence-electron chi connectivity index (χ4n) is 6.56. The number of benzene rings is 2. The van der Waals surface area contributed by atoms with Crippen molar-refractivity contribution in [3.05, 3.63) is 96.8 Å². The number of carbonyl (C=O) groups is 1. The van der Waals surface area contributed by atoms with E-state index in [4.69, 9.17) is 14.2 Å². The normalized spacial score (nSPS) is 14.1. The van der Waals surface area contributed by atoms with E-state index in [9.17, 15) is 4.79 Å². The molecule has 13 nitrogen and oxygen atoms in total. The third-order valence-electron chi connectivity index (χ3n) is 9.25. The zero-order chi connectivity index (χ0) is 39.5. The first-order valence-corrected chi connectivity index (χ1v) is 19.3. The topological polar surface area (TPSA) is 138 Å². The van der Waals surface area contributed by atoms with Gasteiger partial charge in [0.1, 0.15) is 65.9 Å². The first-order valence-electron chi connectivity index (χ1n) is 19.3. The summed E-state index contributed by atoms with van der Waals surface area (Å²) in [5.41, 5.74) is 2.67. The molecule has 8 rings (SSSR count). The number of nitrogens with zero attached hydrogens (tertiary/aromatic N) is 7. The molecule has 6 heterocycles. The van der Waals surface area contributed by atoms with Gasteiger partial charge in [-0.05, 0) is 88.3 Å². The monoisotopic (exact) mass is 765 g/mol. The van der Waals surface area contributed by atoms with Crippen molar-refractivity contribution in [2.24, 2.45) is 0 Å². The molecule has 2 aromatic carbocycles. The molecule has 4 aromatic heterocycles. The Morgan fingerprint density at radius 1 is 0.649 bits per heavy atom. The number of rotatable bonds is 6. The predicted octanol–water partition coefficient (Wildman–Crippen LogP) is 6.82. The van der Waals surface area contributed by atoms with Gasteiger partial charge in [0.05, 0.1) is 22.2 Å². The Bertz CT molecular complexity index is 2370. The minimum absolute atomic E-state index is 0.276. The van der Waals surface area contributed by atoms with Crippen molar-refractivity contribution in [2.75, 3.05) is 62.3 Å². The van der Waals surface area contributed by atoms with Gasteiger partial charge in [0.2, 0.25) is 0 Å². The van der Waals surface area contributed by atoms with Gasteiger partial charge in [-0.2, -0.15) is 0 Å². The average molecular weight is 766 g/mol. The highest BCUT2D eigenvalue weighted by Gasteiger charge is 2.27. The molecule has 0 atom stereocenters. The lowest BCUT2D eigenvalue weighted by atomic mass is 10.1. The zero-order valence-electron chi connectivity index (χ0n) is 32.6. The Morgan fingerprint density at radius 2 is 1.12 bits per heavy atom. The summed E-state index contributed by atoms with van der Waals surface area (Å²) < 4.78 is 16.7. The van der Waals surface area contributed by atoms with E-state index in [1.165, 1.54) is 19.3 Å². The first kappa shape index (κ1) is 38.5. The summed E-state index contributed by atoms with van der Waals surface area (Å²) in [4.78, 5) is 42.7. The standard InChI is InChI=1S/C24H27N5O3.C20H20N4O/c1-24(2,3)32-23(30)29-13-11-28(12-14-29)22-20-16-18(27-21(20)25-17-26-22)8-7-15-31-19-9-5-4-6-10-19;1-3-9-17(10-4-1)25-13-7-8-16-14-18-19(23-16)21-15-22-20(18)24-11-5-2-6-12-24/h4-6,9-10,16-17H,11-15H2,1-3H3,(H,25,26,27);1,3-4,9-10,14-15H,2,5-6,11-13H2,(H,21,22,23). The van der Waals surface area contributed by atoms with E-state index in [-0.39, 0.29) is 6.09 Å². The minimum Gasteiger partial charge on any atom is -0.481 e. The number of anilines is 2. The molecule has 2 N–H and O–H groups in total. The summed E-state index contributed by atoms with van der Waals surface area (Å²) in [7, 11) is 0. The number of nitrogens with one attached hydrogen (secondary N) is 2. The molecule has 0 radical (unpaired) electrons. The number of amides is 1. The van der Waals surface area contributed by atoms with Crippen LogP contribution in [0.25, 0.3) is 22.1 Å². The maximum absolute atomic E-state index is 12.3. The SMILES string of the molecule is C(#Cc1cc2c(N3CCCCC3)ncnc2[nH]1)COc1ccccc1.CC(C)(C)OC(=O)N1CCN(c2ncnc3[nH]c(C#CCOc4ccccc4)cc23)CC1. The lowest BCUT2D eigenvalue weighted by Gasteiger charge is -2.36. The van der Waals surface area contributed by atoms with Crippen LogP contribution in [-0.2, 0) is 4.74 Å². The second kappa shape index (κ2) is 18.3. The highest BCUT2D eigenvalue weighted by atomic mass is 16.6. The molecule has 2 aliphatic rings. The van der Waals surface area contributed by atoms with Crippen LogP contribution < -0.4 is 19.3 Å². The zero-order valence-corrected chi connectivity index (χ0v) is 32.6. The molecule has 0 saturated carbocycles. The van der Waals surface area contributed by atoms with Gasteiger partial charge in [0.15, 0.2) is 0 Å².